The molecule has 376 valence electrons. The maximum atomic E-state index is 13.0. The largest absolute Gasteiger partial charge is 0.394 e. The minimum atomic E-state index is -1.55. The van der Waals surface area contributed by atoms with Gasteiger partial charge in [-0.25, -0.2) is 0 Å². The molecule has 7 atom stereocenters. The van der Waals surface area contributed by atoms with E-state index < -0.39 is 49.5 Å². The van der Waals surface area contributed by atoms with E-state index in [9.17, 15) is 30.3 Å². The Morgan fingerprint density at radius 2 is 0.922 bits per heavy atom. The van der Waals surface area contributed by atoms with Crippen molar-refractivity contribution in [1.82, 2.24) is 5.32 Å². The van der Waals surface area contributed by atoms with Gasteiger partial charge in [0.25, 0.3) is 0 Å². The van der Waals surface area contributed by atoms with Gasteiger partial charge in [-0.1, -0.05) is 230 Å². The van der Waals surface area contributed by atoms with Crippen LogP contribution >= 0.6 is 0 Å². The van der Waals surface area contributed by atoms with Crippen molar-refractivity contribution < 1.29 is 39.8 Å². The molecule has 1 rings (SSSR count). The third kappa shape index (κ3) is 34.7. The first-order chi connectivity index (χ1) is 31.3. The van der Waals surface area contributed by atoms with Gasteiger partial charge in [0.05, 0.1) is 25.4 Å². The number of carbonyl (C=O) groups is 1. The molecule has 0 aromatic rings. The fourth-order valence-electron chi connectivity index (χ4n) is 8.64. The molecule has 0 bridgehead atoms. The fourth-order valence-corrected chi connectivity index (χ4v) is 8.64. The second-order valence-corrected chi connectivity index (χ2v) is 19.0. The smallest absolute Gasteiger partial charge is 0.220 e. The Hall–Kier alpha value is -1.59. The molecule has 0 aliphatic carbocycles. The SMILES string of the molecule is CCCCCCC/C=C\C/C=C\C/C=C\CCCCCCCCCCC(=O)NC(COC1OC(CO)C(O)C(O)C1O)C(O)CCCCCCCCCCCCCCCCCCCC. The number of hydrogen-bond acceptors (Lipinski definition) is 8. The maximum Gasteiger partial charge on any atom is 0.220 e. The molecule has 1 aliphatic rings. The Balaban J connectivity index is 2.25. The fraction of sp³-hybridized carbons (Fsp3) is 0.873. The van der Waals surface area contributed by atoms with E-state index in [0.717, 1.165) is 57.8 Å². The van der Waals surface area contributed by atoms with Crippen molar-refractivity contribution in [3.8, 4) is 0 Å². The Kier molecular flexibility index (Phi) is 42.7. The monoisotopic (exact) mass is 906 g/mol. The topological polar surface area (TPSA) is 149 Å². The summed E-state index contributed by atoms with van der Waals surface area (Å²) in [4.78, 5) is 13.0. The number of ether oxygens (including phenoxy) is 2. The normalized spacial score (nSPS) is 20.3. The average Bonchev–Trinajstić information content (AvgIpc) is 3.29. The summed E-state index contributed by atoms with van der Waals surface area (Å²) in [5.41, 5.74) is 0. The number of unbranched alkanes of at least 4 members (excludes halogenated alkanes) is 30. The number of aliphatic hydroxyl groups excluding tert-OH is 5. The molecule has 7 unspecified atom stereocenters. The van der Waals surface area contributed by atoms with Gasteiger partial charge in [0.1, 0.15) is 24.4 Å². The second-order valence-electron chi connectivity index (χ2n) is 19.0. The van der Waals surface area contributed by atoms with Crippen LogP contribution in [-0.2, 0) is 14.3 Å². The van der Waals surface area contributed by atoms with Gasteiger partial charge in [0.15, 0.2) is 6.29 Å². The highest BCUT2D eigenvalue weighted by Crippen LogP contribution is 2.23. The quantitative estimate of drug-likeness (QED) is 0.0261. The van der Waals surface area contributed by atoms with Crippen molar-refractivity contribution >= 4 is 5.91 Å². The molecule has 1 aliphatic heterocycles. The molecule has 1 saturated heterocycles. The van der Waals surface area contributed by atoms with Crippen LogP contribution in [0.2, 0.25) is 0 Å². The highest BCUT2D eigenvalue weighted by Gasteiger charge is 2.44. The van der Waals surface area contributed by atoms with E-state index in [1.165, 1.54) is 167 Å². The van der Waals surface area contributed by atoms with Gasteiger partial charge in [0.2, 0.25) is 5.91 Å². The highest BCUT2D eigenvalue weighted by molar-refractivity contribution is 5.76. The Morgan fingerprint density at radius 3 is 1.36 bits per heavy atom. The lowest BCUT2D eigenvalue weighted by Crippen LogP contribution is -2.60. The van der Waals surface area contributed by atoms with Crippen LogP contribution in [0.15, 0.2) is 36.5 Å². The number of nitrogens with one attached hydrogen (secondary N) is 1. The van der Waals surface area contributed by atoms with Crippen molar-refractivity contribution in [1.29, 1.82) is 0 Å². The molecular formula is C55H103NO8. The molecule has 1 fully saturated rings. The summed E-state index contributed by atoms with van der Waals surface area (Å²) < 4.78 is 11.3. The second kappa shape index (κ2) is 45.2. The van der Waals surface area contributed by atoms with E-state index in [1.807, 2.05) is 0 Å². The number of aliphatic hydroxyl groups is 5. The maximum absolute atomic E-state index is 13.0. The minimum absolute atomic E-state index is 0.140. The van der Waals surface area contributed by atoms with Crippen LogP contribution in [0.1, 0.15) is 251 Å². The van der Waals surface area contributed by atoms with E-state index in [0.29, 0.717) is 12.8 Å². The van der Waals surface area contributed by atoms with Crippen molar-refractivity contribution in [2.45, 2.75) is 294 Å². The van der Waals surface area contributed by atoms with E-state index >= 15 is 0 Å². The van der Waals surface area contributed by atoms with Gasteiger partial charge in [-0.2, -0.15) is 0 Å². The molecule has 0 radical (unpaired) electrons. The molecular weight excluding hydrogens is 803 g/mol. The number of amides is 1. The zero-order chi connectivity index (χ0) is 46.6. The zero-order valence-corrected chi connectivity index (χ0v) is 41.5. The van der Waals surface area contributed by atoms with Crippen LogP contribution < -0.4 is 5.32 Å². The minimum Gasteiger partial charge on any atom is -0.394 e. The first-order valence-corrected chi connectivity index (χ1v) is 27.2. The Bertz CT molecular complexity index is 1100. The number of carbonyl (C=O) groups excluding carboxylic acids is 1. The molecule has 9 nitrogen and oxygen atoms in total. The molecule has 0 aromatic heterocycles. The summed E-state index contributed by atoms with van der Waals surface area (Å²) in [5, 5.41) is 54.6. The lowest BCUT2D eigenvalue weighted by atomic mass is 9.99. The van der Waals surface area contributed by atoms with Crippen LogP contribution in [-0.4, -0.2) is 87.5 Å². The van der Waals surface area contributed by atoms with Crippen LogP contribution in [0.25, 0.3) is 0 Å². The molecule has 64 heavy (non-hydrogen) atoms. The molecule has 0 aromatic carbocycles. The third-order valence-electron chi connectivity index (χ3n) is 13.0. The highest BCUT2D eigenvalue weighted by atomic mass is 16.7. The predicted molar refractivity (Wildman–Crippen MR) is 267 cm³/mol. The summed E-state index contributed by atoms with van der Waals surface area (Å²) in [6.45, 7) is 3.84. The standard InChI is InChI=1S/C55H103NO8/c1-3-5-7-9-11-13-15-17-19-21-23-24-25-26-27-29-31-33-35-37-39-41-43-45-51(59)56-48(47-63-55-54(62)53(61)52(60)50(46-57)64-55)49(58)44-42-40-38-36-34-32-30-28-22-20-18-16-14-12-10-8-6-4-2/h15,17,21,23,25-26,48-50,52-55,57-58,60-62H,3-14,16,18-20,22,24,27-47H2,1-2H3,(H,56,59)/b17-15-,23-21-,26-25-. The van der Waals surface area contributed by atoms with Crippen LogP contribution in [0.3, 0.4) is 0 Å². The molecule has 0 saturated carbocycles. The number of hydrogen-bond donors (Lipinski definition) is 6. The summed E-state index contributed by atoms with van der Waals surface area (Å²) in [6.07, 6.45) is 50.1. The van der Waals surface area contributed by atoms with Gasteiger partial charge in [-0.15, -0.1) is 0 Å². The van der Waals surface area contributed by atoms with Gasteiger partial charge in [-0.05, 0) is 51.4 Å². The third-order valence-corrected chi connectivity index (χ3v) is 13.0. The van der Waals surface area contributed by atoms with E-state index in [4.69, 9.17) is 9.47 Å². The van der Waals surface area contributed by atoms with Crippen molar-refractivity contribution in [3.63, 3.8) is 0 Å². The first-order valence-electron chi connectivity index (χ1n) is 27.2. The molecule has 1 heterocycles. The number of allylic oxidation sites excluding steroid dienone is 6. The predicted octanol–water partition coefficient (Wildman–Crippen LogP) is 12.8. The van der Waals surface area contributed by atoms with Gasteiger partial charge in [-0.3, -0.25) is 4.79 Å². The van der Waals surface area contributed by atoms with Gasteiger partial charge < -0.3 is 40.3 Å². The molecule has 0 spiro atoms. The summed E-state index contributed by atoms with van der Waals surface area (Å²) in [6, 6.07) is -0.723. The Morgan fingerprint density at radius 1 is 0.531 bits per heavy atom. The zero-order valence-electron chi connectivity index (χ0n) is 41.5. The van der Waals surface area contributed by atoms with Crippen LogP contribution in [0, 0.1) is 0 Å². The number of rotatable bonds is 46. The van der Waals surface area contributed by atoms with Crippen molar-refractivity contribution in [2.75, 3.05) is 13.2 Å². The van der Waals surface area contributed by atoms with E-state index in [-0.39, 0.29) is 12.5 Å². The lowest BCUT2D eigenvalue weighted by Gasteiger charge is -2.40. The molecule has 9 heteroatoms. The van der Waals surface area contributed by atoms with Crippen molar-refractivity contribution in [3.05, 3.63) is 36.5 Å². The van der Waals surface area contributed by atoms with E-state index in [1.54, 1.807) is 0 Å². The first kappa shape index (κ1) is 60.4. The average molecular weight is 906 g/mol. The van der Waals surface area contributed by atoms with Crippen molar-refractivity contribution in [2.24, 2.45) is 0 Å². The summed E-state index contributed by atoms with van der Waals surface area (Å²) in [7, 11) is 0. The van der Waals surface area contributed by atoms with Gasteiger partial charge >= 0.3 is 0 Å². The van der Waals surface area contributed by atoms with Gasteiger partial charge in [0, 0.05) is 6.42 Å². The summed E-state index contributed by atoms with van der Waals surface area (Å²) in [5.74, 6) is -0.150. The lowest BCUT2D eigenvalue weighted by molar-refractivity contribution is -0.302. The van der Waals surface area contributed by atoms with Crippen LogP contribution in [0.5, 0.6) is 0 Å². The molecule has 6 N–H and O–H groups in total. The molecule has 1 amide bonds. The Labute approximate surface area is 393 Å². The van der Waals surface area contributed by atoms with Crippen LogP contribution in [0.4, 0.5) is 0 Å². The summed E-state index contributed by atoms with van der Waals surface area (Å²) >= 11 is 0. The van der Waals surface area contributed by atoms with E-state index in [2.05, 4.69) is 55.6 Å².